The molecule has 3 aromatic rings. The number of ether oxygens (including phenoxy) is 1. The highest BCUT2D eigenvalue weighted by atomic mass is 32.2. The molecule has 1 N–H and O–H groups in total. The summed E-state index contributed by atoms with van der Waals surface area (Å²) >= 11 is 3.03. The molecule has 0 aliphatic carbocycles. The van der Waals surface area contributed by atoms with Crippen LogP contribution in [-0.4, -0.2) is 35.5 Å². The Hall–Kier alpha value is -2.38. The predicted octanol–water partition coefficient (Wildman–Crippen LogP) is 4.20. The van der Waals surface area contributed by atoms with Gasteiger partial charge in [0.1, 0.15) is 5.01 Å². The van der Waals surface area contributed by atoms with Crippen molar-refractivity contribution >= 4 is 50.9 Å². The van der Waals surface area contributed by atoms with E-state index < -0.39 is 0 Å². The molecule has 7 heteroatoms. The molecule has 0 aliphatic rings. The minimum Gasteiger partial charge on any atom is -0.468 e. The van der Waals surface area contributed by atoms with Crippen LogP contribution in [0.3, 0.4) is 0 Å². The second kappa shape index (κ2) is 8.82. The SMILES string of the molecule is COC(=O)CSCCC(=O)Nc1ccc(-c2nc3ccccc3s2)cc1. The first-order valence-electron chi connectivity index (χ1n) is 8.06. The Morgan fingerprint density at radius 2 is 1.92 bits per heavy atom. The minimum absolute atomic E-state index is 0.0740. The van der Waals surface area contributed by atoms with Gasteiger partial charge in [-0.2, -0.15) is 0 Å². The first-order chi connectivity index (χ1) is 12.7. The van der Waals surface area contributed by atoms with E-state index in [1.807, 2.05) is 42.5 Å². The lowest BCUT2D eigenvalue weighted by molar-refractivity contribution is -0.137. The lowest BCUT2D eigenvalue weighted by atomic mass is 10.2. The van der Waals surface area contributed by atoms with Gasteiger partial charge in [-0.05, 0) is 36.4 Å². The Labute approximate surface area is 159 Å². The maximum Gasteiger partial charge on any atom is 0.315 e. The van der Waals surface area contributed by atoms with Gasteiger partial charge in [0.2, 0.25) is 5.91 Å². The zero-order valence-electron chi connectivity index (χ0n) is 14.2. The fourth-order valence-corrected chi connectivity index (χ4v) is 4.02. The molecule has 1 amide bonds. The van der Waals surface area contributed by atoms with Crippen molar-refractivity contribution in [2.75, 3.05) is 23.9 Å². The molecule has 0 bridgehead atoms. The van der Waals surface area contributed by atoms with E-state index in [0.717, 1.165) is 26.5 Å². The Kier molecular flexibility index (Phi) is 6.25. The van der Waals surface area contributed by atoms with Crippen LogP contribution in [0.25, 0.3) is 20.8 Å². The molecule has 0 unspecified atom stereocenters. The summed E-state index contributed by atoms with van der Waals surface area (Å²) in [5, 5.41) is 3.83. The third-order valence-corrected chi connectivity index (χ3v) is 5.65. The summed E-state index contributed by atoms with van der Waals surface area (Å²) in [5.74, 6) is 0.488. The van der Waals surface area contributed by atoms with Crippen molar-refractivity contribution in [1.29, 1.82) is 0 Å². The van der Waals surface area contributed by atoms with E-state index in [-0.39, 0.29) is 17.6 Å². The van der Waals surface area contributed by atoms with Gasteiger partial charge in [0.05, 0.1) is 23.1 Å². The van der Waals surface area contributed by atoms with Gasteiger partial charge in [-0.15, -0.1) is 23.1 Å². The number of aromatic nitrogens is 1. The highest BCUT2D eigenvalue weighted by Crippen LogP contribution is 2.30. The van der Waals surface area contributed by atoms with E-state index in [2.05, 4.69) is 21.1 Å². The first-order valence-corrected chi connectivity index (χ1v) is 10.0. The number of thioether (sulfide) groups is 1. The van der Waals surface area contributed by atoms with E-state index in [4.69, 9.17) is 0 Å². The summed E-state index contributed by atoms with van der Waals surface area (Å²) in [6.45, 7) is 0. The summed E-state index contributed by atoms with van der Waals surface area (Å²) in [4.78, 5) is 27.6. The molecule has 0 saturated heterocycles. The number of carbonyl (C=O) groups is 2. The molecule has 26 heavy (non-hydrogen) atoms. The number of thiazole rings is 1. The maximum absolute atomic E-state index is 11.9. The van der Waals surface area contributed by atoms with E-state index >= 15 is 0 Å². The van der Waals surface area contributed by atoms with E-state index in [1.165, 1.54) is 18.9 Å². The fourth-order valence-electron chi connectivity index (χ4n) is 2.29. The Morgan fingerprint density at radius 3 is 2.65 bits per heavy atom. The van der Waals surface area contributed by atoms with Crippen molar-refractivity contribution < 1.29 is 14.3 Å². The molecule has 1 aromatic heterocycles. The number of methoxy groups -OCH3 is 1. The molecule has 0 saturated carbocycles. The van der Waals surface area contributed by atoms with Gasteiger partial charge < -0.3 is 10.1 Å². The predicted molar refractivity (Wildman–Crippen MR) is 108 cm³/mol. The van der Waals surface area contributed by atoms with Crippen molar-refractivity contribution in [3.8, 4) is 10.6 Å². The molecule has 2 aromatic carbocycles. The van der Waals surface area contributed by atoms with Crippen LogP contribution in [-0.2, 0) is 14.3 Å². The standard InChI is InChI=1S/C19H18N2O3S2/c1-24-18(23)12-25-11-10-17(22)20-14-8-6-13(7-9-14)19-21-15-4-2-3-5-16(15)26-19/h2-9H,10-12H2,1H3,(H,20,22). The van der Waals surface area contributed by atoms with E-state index in [1.54, 1.807) is 11.3 Å². The normalized spacial score (nSPS) is 10.7. The number of hydrogen-bond donors (Lipinski definition) is 1. The van der Waals surface area contributed by atoms with Crippen LogP contribution in [0.1, 0.15) is 6.42 Å². The van der Waals surface area contributed by atoms with Gasteiger partial charge in [0, 0.05) is 23.4 Å². The highest BCUT2D eigenvalue weighted by molar-refractivity contribution is 7.99. The number of anilines is 1. The number of hydrogen-bond acceptors (Lipinski definition) is 6. The molecule has 5 nitrogen and oxygen atoms in total. The quantitative estimate of drug-likeness (QED) is 0.487. The van der Waals surface area contributed by atoms with Crippen LogP contribution in [0.5, 0.6) is 0 Å². The Balaban J connectivity index is 1.54. The molecule has 1 heterocycles. The van der Waals surface area contributed by atoms with Gasteiger partial charge in [-0.3, -0.25) is 9.59 Å². The third kappa shape index (κ3) is 4.83. The van der Waals surface area contributed by atoms with Crippen LogP contribution in [0.4, 0.5) is 5.69 Å². The number of fused-ring (bicyclic) bond motifs is 1. The molecule has 0 fully saturated rings. The highest BCUT2D eigenvalue weighted by Gasteiger charge is 2.07. The average molecular weight is 386 g/mol. The molecular weight excluding hydrogens is 368 g/mol. The summed E-state index contributed by atoms with van der Waals surface area (Å²) in [6, 6.07) is 15.7. The molecule has 0 aliphatic heterocycles. The smallest absolute Gasteiger partial charge is 0.315 e. The lowest BCUT2D eigenvalue weighted by Gasteiger charge is -2.06. The van der Waals surface area contributed by atoms with Crippen LogP contribution in [0.15, 0.2) is 48.5 Å². The van der Waals surface area contributed by atoms with Crippen molar-refractivity contribution in [2.45, 2.75) is 6.42 Å². The van der Waals surface area contributed by atoms with Crippen molar-refractivity contribution in [3.05, 3.63) is 48.5 Å². The Morgan fingerprint density at radius 1 is 1.15 bits per heavy atom. The van der Waals surface area contributed by atoms with E-state index in [0.29, 0.717) is 12.2 Å². The van der Waals surface area contributed by atoms with E-state index in [9.17, 15) is 9.59 Å². The zero-order valence-corrected chi connectivity index (χ0v) is 15.9. The largest absolute Gasteiger partial charge is 0.468 e. The van der Waals surface area contributed by atoms with Gasteiger partial charge in [-0.25, -0.2) is 4.98 Å². The number of esters is 1. The summed E-state index contributed by atoms with van der Waals surface area (Å²) in [5.41, 5.74) is 2.77. The second-order valence-electron chi connectivity index (χ2n) is 5.49. The number of nitrogens with zero attached hydrogens (tertiary/aromatic N) is 1. The van der Waals surface area contributed by atoms with Gasteiger partial charge in [0.15, 0.2) is 0 Å². The first kappa shape index (κ1) is 18.4. The van der Waals surface area contributed by atoms with Crippen LogP contribution in [0, 0.1) is 0 Å². The number of para-hydroxylation sites is 1. The monoisotopic (exact) mass is 386 g/mol. The zero-order chi connectivity index (χ0) is 18.4. The number of carbonyl (C=O) groups excluding carboxylic acids is 2. The van der Waals surface area contributed by atoms with Crippen molar-refractivity contribution in [1.82, 2.24) is 4.98 Å². The molecule has 134 valence electrons. The second-order valence-corrected chi connectivity index (χ2v) is 7.63. The average Bonchev–Trinajstić information content (AvgIpc) is 3.09. The van der Waals surface area contributed by atoms with Crippen LogP contribution in [0.2, 0.25) is 0 Å². The molecular formula is C19H18N2O3S2. The lowest BCUT2D eigenvalue weighted by Crippen LogP contribution is -2.13. The van der Waals surface area contributed by atoms with Crippen molar-refractivity contribution in [2.24, 2.45) is 0 Å². The van der Waals surface area contributed by atoms with Gasteiger partial charge >= 0.3 is 5.97 Å². The topological polar surface area (TPSA) is 68.3 Å². The van der Waals surface area contributed by atoms with Crippen LogP contribution < -0.4 is 5.32 Å². The molecule has 3 rings (SSSR count). The summed E-state index contributed by atoms with van der Waals surface area (Å²) in [7, 11) is 1.35. The number of rotatable bonds is 7. The number of nitrogens with one attached hydrogen (secondary N) is 1. The van der Waals surface area contributed by atoms with Crippen molar-refractivity contribution in [3.63, 3.8) is 0 Å². The fraction of sp³-hybridized carbons (Fsp3) is 0.211. The summed E-state index contributed by atoms with van der Waals surface area (Å²) in [6.07, 6.45) is 0.348. The molecule has 0 radical (unpaired) electrons. The van der Waals surface area contributed by atoms with Crippen LogP contribution >= 0.6 is 23.1 Å². The number of amides is 1. The van der Waals surface area contributed by atoms with Gasteiger partial charge in [0.25, 0.3) is 0 Å². The maximum atomic E-state index is 11.9. The minimum atomic E-state index is -0.277. The number of benzene rings is 2. The summed E-state index contributed by atoms with van der Waals surface area (Å²) < 4.78 is 5.71. The molecule has 0 spiro atoms. The Bertz CT molecular complexity index is 874. The van der Waals surface area contributed by atoms with Gasteiger partial charge in [-0.1, -0.05) is 12.1 Å². The molecule has 0 atom stereocenters. The third-order valence-electron chi connectivity index (χ3n) is 3.63.